The molecule has 98 valence electrons. The second-order valence-electron chi connectivity index (χ2n) is 5.29. The van der Waals surface area contributed by atoms with E-state index in [-0.39, 0.29) is 5.78 Å². The maximum Gasteiger partial charge on any atom is 0.176 e. The van der Waals surface area contributed by atoms with E-state index >= 15 is 0 Å². The molecule has 0 spiro atoms. The zero-order chi connectivity index (χ0) is 13.0. The number of rotatable bonds is 4. The first-order chi connectivity index (χ1) is 8.70. The second-order valence-corrected chi connectivity index (χ2v) is 5.29. The van der Waals surface area contributed by atoms with Gasteiger partial charge in [0.05, 0.1) is 6.54 Å². The Morgan fingerprint density at radius 1 is 1.28 bits per heavy atom. The predicted octanol–water partition coefficient (Wildman–Crippen LogP) is 3.31. The van der Waals surface area contributed by atoms with Gasteiger partial charge >= 0.3 is 0 Å². The molecule has 2 rings (SSSR count). The van der Waals surface area contributed by atoms with Crippen LogP contribution >= 0.6 is 0 Å². The smallest absolute Gasteiger partial charge is 0.176 e. The number of aryl methyl sites for hydroxylation is 1. The third-order valence-corrected chi connectivity index (χ3v) is 3.97. The van der Waals surface area contributed by atoms with Crippen molar-refractivity contribution in [3.63, 3.8) is 0 Å². The third kappa shape index (κ3) is 3.20. The van der Waals surface area contributed by atoms with Crippen LogP contribution in [0, 0.1) is 0 Å². The summed E-state index contributed by atoms with van der Waals surface area (Å²) in [5.41, 5.74) is 2.14. The third-order valence-electron chi connectivity index (χ3n) is 3.97. The molecule has 1 fully saturated rings. The first-order valence-corrected chi connectivity index (χ1v) is 7.07. The van der Waals surface area contributed by atoms with Crippen molar-refractivity contribution in [2.24, 2.45) is 0 Å². The van der Waals surface area contributed by atoms with Crippen LogP contribution in [0.2, 0.25) is 0 Å². The van der Waals surface area contributed by atoms with Crippen LogP contribution in [0.1, 0.15) is 49.0 Å². The van der Waals surface area contributed by atoms with Crippen LogP contribution < -0.4 is 0 Å². The van der Waals surface area contributed by atoms with Gasteiger partial charge in [-0.2, -0.15) is 0 Å². The van der Waals surface area contributed by atoms with E-state index < -0.39 is 0 Å². The van der Waals surface area contributed by atoms with Crippen molar-refractivity contribution in [1.82, 2.24) is 4.90 Å². The zero-order valence-electron chi connectivity index (χ0n) is 11.5. The number of nitrogens with zero attached hydrogens (tertiary/aromatic N) is 1. The molecule has 0 aliphatic carbocycles. The van der Waals surface area contributed by atoms with Gasteiger partial charge in [-0.15, -0.1) is 0 Å². The van der Waals surface area contributed by atoms with Crippen LogP contribution in [-0.2, 0) is 6.42 Å². The Labute approximate surface area is 110 Å². The fourth-order valence-corrected chi connectivity index (χ4v) is 2.59. The summed E-state index contributed by atoms with van der Waals surface area (Å²) in [6, 6.07) is 8.61. The van der Waals surface area contributed by atoms with Gasteiger partial charge in [-0.3, -0.25) is 9.69 Å². The average molecular weight is 245 g/mol. The molecule has 1 aromatic carbocycles. The monoisotopic (exact) mass is 245 g/mol. The van der Waals surface area contributed by atoms with Gasteiger partial charge in [0.1, 0.15) is 0 Å². The Morgan fingerprint density at radius 2 is 2.00 bits per heavy atom. The molecule has 1 aromatic rings. The molecule has 1 atom stereocenters. The molecular formula is C16H23NO. The van der Waals surface area contributed by atoms with E-state index in [0.29, 0.717) is 12.6 Å². The summed E-state index contributed by atoms with van der Waals surface area (Å²) in [5, 5.41) is 0. The van der Waals surface area contributed by atoms with Crippen molar-refractivity contribution in [2.45, 2.75) is 45.6 Å². The molecule has 1 aliphatic heterocycles. The first kappa shape index (κ1) is 13.3. The van der Waals surface area contributed by atoms with Crippen molar-refractivity contribution in [3.8, 4) is 0 Å². The lowest BCUT2D eigenvalue weighted by atomic mass is 10.0. The molecule has 2 nitrogen and oxygen atoms in total. The van der Waals surface area contributed by atoms with E-state index in [9.17, 15) is 4.79 Å². The first-order valence-electron chi connectivity index (χ1n) is 7.07. The summed E-state index contributed by atoms with van der Waals surface area (Å²) in [6.45, 7) is 6.01. The summed E-state index contributed by atoms with van der Waals surface area (Å²) < 4.78 is 0. The van der Waals surface area contributed by atoms with E-state index in [4.69, 9.17) is 0 Å². The number of benzene rings is 1. The van der Waals surface area contributed by atoms with Crippen LogP contribution in [0.5, 0.6) is 0 Å². The maximum atomic E-state index is 12.2. The van der Waals surface area contributed by atoms with Gasteiger partial charge in [0.25, 0.3) is 0 Å². The lowest BCUT2D eigenvalue weighted by Gasteiger charge is -2.32. The number of hydrogen-bond donors (Lipinski definition) is 0. The van der Waals surface area contributed by atoms with Gasteiger partial charge in [0.15, 0.2) is 5.78 Å². The van der Waals surface area contributed by atoms with Gasteiger partial charge in [-0.1, -0.05) is 37.6 Å². The molecule has 0 bridgehead atoms. The topological polar surface area (TPSA) is 20.3 Å². The van der Waals surface area contributed by atoms with Crippen LogP contribution in [0.15, 0.2) is 24.3 Å². The van der Waals surface area contributed by atoms with Crippen LogP contribution in [-0.4, -0.2) is 29.8 Å². The number of carbonyl (C=O) groups excluding carboxylic acids is 1. The molecule has 0 aromatic heterocycles. The van der Waals surface area contributed by atoms with Gasteiger partial charge in [-0.25, -0.2) is 0 Å². The lowest BCUT2D eigenvalue weighted by Crippen LogP contribution is -2.40. The number of likely N-dealkylation sites (tertiary alicyclic amines) is 1. The predicted molar refractivity (Wildman–Crippen MR) is 75.0 cm³/mol. The zero-order valence-corrected chi connectivity index (χ0v) is 11.5. The van der Waals surface area contributed by atoms with Crippen molar-refractivity contribution in [1.29, 1.82) is 0 Å². The summed E-state index contributed by atoms with van der Waals surface area (Å²) in [5.74, 6) is 0.256. The van der Waals surface area contributed by atoms with Crippen molar-refractivity contribution in [3.05, 3.63) is 35.4 Å². The lowest BCUT2D eigenvalue weighted by molar-refractivity contribution is 0.0860. The van der Waals surface area contributed by atoms with Gasteiger partial charge in [-0.05, 0) is 38.3 Å². The standard InChI is InChI=1S/C16H23NO/c1-3-14-7-9-15(10-8-14)16(18)12-17-11-5-4-6-13(17)2/h7-10,13H,3-6,11-12H2,1-2H3. The van der Waals surface area contributed by atoms with Gasteiger partial charge in [0, 0.05) is 11.6 Å². The molecule has 2 heteroatoms. The van der Waals surface area contributed by atoms with Crippen LogP contribution in [0.3, 0.4) is 0 Å². The number of ketones is 1. The minimum absolute atomic E-state index is 0.256. The molecule has 1 unspecified atom stereocenters. The number of carbonyl (C=O) groups is 1. The Balaban J connectivity index is 1.97. The summed E-state index contributed by atoms with van der Waals surface area (Å²) in [6.07, 6.45) is 4.78. The highest BCUT2D eigenvalue weighted by atomic mass is 16.1. The van der Waals surface area contributed by atoms with E-state index in [0.717, 1.165) is 18.5 Å². The van der Waals surface area contributed by atoms with Crippen molar-refractivity contribution >= 4 is 5.78 Å². The highest BCUT2D eigenvalue weighted by molar-refractivity contribution is 5.97. The molecular weight excluding hydrogens is 222 g/mol. The molecule has 0 amide bonds. The molecule has 1 heterocycles. The minimum atomic E-state index is 0.256. The Bertz CT molecular complexity index is 396. The quantitative estimate of drug-likeness (QED) is 0.759. The molecule has 1 saturated heterocycles. The van der Waals surface area contributed by atoms with E-state index in [1.54, 1.807) is 0 Å². The SMILES string of the molecule is CCc1ccc(C(=O)CN2CCCCC2C)cc1. The second kappa shape index (κ2) is 6.14. The number of hydrogen-bond acceptors (Lipinski definition) is 2. The van der Waals surface area contributed by atoms with Gasteiger partial charge in [0.2, 0.25) is 0 Å². The molecule has 0 radical (unpaired) electrons. The van der Waals surface area contributed by atoms with Crippen molar-refractivity contribution in [2.75, 3.05) is 13.1 Å². The molecule has 0 N–H and O–H groups in total. The fraction of sp³-hybridized carbons (Fsp3) is 0.562. The normalized spacial score (nSPS) is 20.9. The summed E-state index contributed by atoms with van der Waals surface area (Å²) >= 11 is 0. The Hall–Kier alpha value is -1.15. The molecule has 1 aliphatic rings. The van der Waals surface area contributed by atoms with E-state index in [2.05, 4.69) is 30.9 Å². The van der Waals surface area contributed by atoms with E-state index in [1.807, 2.05) is 12.1 Å². The van der Waals surface area contributed by atoms with Crippen LogP contribution in [0.25, 0.3) is 0 Å². The highest BCUT2D eigenvalue weighted by Crippen LogP contribution is 2.17. The van der Waals surface area contributed by atoms with Crippen molar-refractivity contribution < 1.29 is 4.79 Å². The summed E-state index contributed by atoms with van der Waals surface area (Å²) in [4.78, 5) is 14.5. The molecule has 18 heavy (non-hydrogen) atoms. The van der Waals surface area contributed by atoms with E-state index in [1.165, 1.54) is 24.8 Å². The maximum absolute atomic E-state index is 12.2. The summed E-state index contributed by atoms with van der Waals surface area (Å²) in [7, 11) is 0. The highest BCUT2D eigenvalue weighted by Gasteiger charge is 2.20. The largest absolute Gasteiger partial charge is 0.293 e. The van der Waals surface area contributed by atoms with Gasteiger partial charge < -0.3 is 0 Å². The Morgan fingerprint density at radius 3 is 2.61 bits per heavy atom. The number of piperidine rings is 1. The average Bonchev–Trinajstić information content (AvgIpc) is 2.41. The molecule has 0 saturated carbocycles. The number of Topliss-reactive ketones (excluding diaryl/α,β-unsaturated/α-hetero) is 1. The van der Waals surface area contributed by atoms with Crippen LogP contribution in [0.4, 0.5) is 0 Å². The fourth-order valence-electron chi connectivity index (χ4n) is 2.59. The minimum Gasteiger partial charge on any atom is -0.293 e. The Kier molecular flexibility index (Phi) is 4.54.